The summed E-state index contributed by atoms with van der Waals surface area (Å²) in [5.41, 5.74) is 2.03. The van der Waals surface area contributed by atoms with Crippen molar-refractivity contribution in [1.82, 2.24) is 10.6 Å². The Kier molecular flexibility index (Phi) is 10.2. The fourth-order valence-corrected chi connectivity index (χ4v) is 1.62. The van der Waals surface area contributed by atoms with Gasteiger partial charge in [-0.25, -0.2) is 4.99 Å². The maximum absolute atomic E-state index is 10.6. The van der Waals surface area contributed by atoms with Gasteiger partial charge in [-0.05, 0) is 25.8 Å². The van der Waals surface area contributed by atoms with E-state index in [-0.39, 0.29) is 29.7 Å². The van der Waals surface area contributed by atoms with Crippen molar-refractivity contribution in [3.8, 4) is 0 Å². The number of nitro benzene ring substituents is 1. The molecule has 6 nitrogen and oxygen atoms in total. The second-order valence-corrected chi connectivity index (χ2v) is 5.35. The standard InChI is InChI=1S/C16H24N4O2.HI/c1-5-13(4)19-16(17-10-12(2)3)18-11-14-6-8-15(9-7-14)20(21)22;/h6-9,13H,2,5,10-11H2,1,3-4H3,(H2,17,18,19);1H. The van der Waals surface area contributed by atoms with Crippen molar-refractivity contribution < 1.29 is 4.92 Å². The summed E-state index contributed by atoms with van der Waals surface area (Å²) >= 11 is 0. The quantitative estimate of drug-likeness (QED) is 0.172. The Bertz CT molecular complexity index is 544. The van der Waals surface area contributed by atoms with E-state index >= 15 is 0 Å². The Morgan fingerprint density at radius 2 is 2.00 bits per heavy atom. The van der Waals surface area contributed by atoms with E-state index in [9.17, 15) is 10.1 Å². The zero-order valence-corrected chi connectivity index (χ0v) is 16.2. The summed E-state index contributed by atoms with van der Waals surface area (Å²) in [4.78, 5) is 14.7. The minimum Gasteiger partial charge on any atom is -0.354 e. The predicted octanol–water partition coefficient (Wildman–Crippen LogP) is 3.62. The van der Waals surface area contributed by atoms with Crippen molar-refractivity contribution in [2.75, 3.05) is 6.54 Å². The number of nitrogens with zero attached hydrogens (tertiary/aromatic N) is 2. The largest absolute Gasteiger partial charge is 0.354 e. The molecular weight excluding hydrogens is 407 g/mol. The van der Waals surface area contributed by atoms with E-state index in [0.29, 0.717) is 19.1 Å². The average Bonchev–Trinajstić information content (AvgIpc) is 2.49. The summed E-state index contributed by atoms with van der Waals surface area (Å²) in [6.45, 7) is 11.1. The molecule has 0 heterocycles. The van der Waals surface area contributed by atoms with Gasteiger partial charge in [0.05, 0.1) is 11.5 Å². The lowest BCUT2D eigenvalue weighted by Gasteiger charge is -2.17. The number of benzene rings is 1. The van der Waals surface area contributed by atoms with Crippen LogP contribution in [0.1, 0.15) is 32.8 Å². The molecule has 0 saturated heterocycles. The molecule has 0 bridgehead atoms. The Labute approximate surface area is 154 Å². The van der Waals surface area contributed by atoms with Crippen molar-refractivity contribution in [1.29, 1.82) is 0 Å². The van der Waals surface area contributed by atoms with E-state index in [1.807, 2.05) is 6.92 Å². The van der Waals surface area contributed by atoms with Gasteiger partial charge < -0.3 is 10.6 Å². The molecular formula is C16H25IN4O2. The van der Waals surface area contributed by atoms with Gasteiger partial charge in [0.1, 0.15) is 0 Å². The molecule has 0 spiro atoms. The van der Waals surface area contributed by atoms with Gasteiger partial charge in [0.25, 0.3) is 5.69 Å². The van der Waals surface area contributed by atoms with Crippen LogP contribution in [0.5, 0.6) is 0 Å². The van der Waals surface area contributed by atoms with Gasteiger partial charge in [0.2, 0.25) is 0 Å². The second-order valence-electron chi connectivity index (χ2n) is 5.35. The van der Waals surface area contributed by atoms with Gasteiger partial charge in [0.15, 0.2) is 5.96 Å². The first-order chi connectivity index (χ1) is 10.4. The fraction of sp³-hybridized carbons (Fsp3) is 0.438. The number of guanidine groups is 1. The lowest BCUT2D eigenvalue weighted by Crippen LogP contribution is -2.42. The van der Waals surface area contributed by atoms with E-state index in [0.717, 1.165) is 23.5 Å². The van der Waals surface area contributed by atoms with Crippen LogP contribution in [0.4, 0.5) is 5.69 Å². The minimum atomic E-state index is -0.405. The van der Waals surface area contributed by atoms with Crippen molar-refractivity contribution in [2.24, 2.45) is 4.99 Å². The minimum absolute atomic E-state index is 0. The molecule has 1 aromatic rings. The van der Waals surface area contributed by atoms with Crippen LogP contribution in [-0.4, -0.2) is 23.5 Å². The number of hydrogen-bond acceptors (Lipinski definition) is 3. The SMILES string of the molecule is C=C(C)CNC(=NCc1ccc([N+](=O)[O-])cc1)NC(C)CC.I. The van der Waals surface area contributed by atoms with E-state index < -0.39 is 4.92 Å². The summed E-state index contributed by atoms with van der Waals surface area (Å²) in [7, 11) is 0. The highest BCUT2D eigenvalue weighted by molar-refractivity contribution is 14.0. The molecule has 0 amide bonds. The molecule has 1 rings (SSSR count). The van der Waals surface area contributed by atoms with Gasteiger partial charge in [-0.15, -0.1) is 24.0 Å². The fourth-order valence-electron chi connectivity index (χ4n) is 1.62. The Morgan fingerprint density at radius 3 is 2.48 bits per heavy atom. The van der Waals surface area contributed by atoms with Crippen molar-refractivity contribution in [3.63, 3.8) is 0 Å². The van der Waals surface area contributed by atoms with Crippen LogP contribution in [0.25, 0.3) is 0 Å². The topological polar surface area (TPSA) is 79.6 Å². The van der Waals surface area contributed by atoms with Crippen molar-refractivity contribution >= 4 is 35.6 Å². The maximum atomic E-state index is 10.6. The first-order valence-electron chi connectivity index (χ1n) is 7.35. The summed E-state index contributed by atoms with van der Waals surface area (Å²) in [5, 5.41) is 17.2. The molecule has 7 heteroatoms. The molecule has 0 aliphatic carbocycles. The van der Waals surface area contributed by atoms with Crippen LogP contribution in [-0.2, 0) is 6.54 Å². The number of hydrogen-bond donors (Lipinski definition) is 2. The predicted molar refractivity (Wildman–Crippen MR) is 105 cm³/mol. The summed E-state index contributed by atoms with van der Waals surface area (Å²) in [6.07, 6.45) is 0.991. The van der Waals surface area contributed by atoms with Gasteiger partial charge in [-0.1, -0.05) is 31.2 Å². The molecule has 1 aromatic carbocycles. The maximum Gasteiger partial charge on any atom is 0.269 e. The first kappa shape index (κ1) is 21.4. The third-order valence-electron chi connectivity index (χ3n) is 3.12. The van der Waals surface area contributed by atoms with Crippen LogP contribution in [0.3, 0.4) is 0 Å². The van der Waals surface area contributed by atoms with Crippen molar-refractivity contribution in [2.45, 2.75) is 39.8 Å². The van der Waals surface area contributed by atoms with Gasteiger partial charge in [0, 0.05) is 24.7 Å². The third-order valence-corrected chi connectivity index (χ3v) is 3.12. The highest BCUT2D eigenvalue weighted by atomic mass is 127. The Morgan fingerprint density at radius 1 is 1.39 bits per heavy atom. The Hall–Kier alpha value is -1.64. The van der Waals surface area contributed by atoms with E-state index in [4.69, 9.17) is 0 Å². The third kappa shape index (κ3) is 8.53. The molecule has 0 saturated carbocycles. The van der Waals surface area contributed by atoms with Crippen LogP contribution >= 0.6 is 24.0 Å². The monoisotopic (exact) mass is 432 g/mol. The molecule has 2 N–H and O–H groups in total. The van der Waals surface area contributed by atoms with Gasteiger partial charge >= 0.3 is 0 Å². The summed E-state index contributed by atoms with van der Waals surface area (Å²) in [6, 6.07) is 6.75. The van der Waals surface area contributed by atoms with Gasteiger partial charge in [-0.2, -0.15) is 0 Å². The number of non-ortho nitro benzene ring substituents is 1. The molecule has 0 aliphatic rings. The second kappa shape index (κ2) is 11.0. The summed E-state index contributed by atoms with van der Waals surface area (Å²) in [5.74, 6) is 0.718. The normalized spacial score (nSPS) is 12.0. The van der Waals surface area contributed by atoms with E-state index in [1.165, 1.54) is 12.1 Å². The van der Waals surface area contributed by atoms with Crippen LogP contribution < -0.4 is 10.6 Å². The highest BCUT2D eigenvalue weighted by Gasteiger charge is 2.05. The van der Waals surface area contributed by atoms with E-state index in [1.54, 1.807) is 12.1 Å². The lowest BCUT2D eigenvalue weighted by molar-refractivity contribution is -0.384. The molecule has 0 aliphatic heterocycles. The zero-order valence-electron chi connectivity index (χ0n) is 13.8. The lowest BCUT2D eigenvalue weighted by atomic mass is 10.2. The van der Waals surface area contributed by atoms with Crippen LogP contribution in [0, 0.1) is 10.1 Å². The van der Waals surface area contributed by atoms with Crippen LogP contribution in [0.15, 0.2) is 41.4 Å². The molecule has 0 aromatic heterocycles. The summed E-state index contributed by atoms with van der Waals surface area (Å²) < 4.78 is 0. The molecule has 0 fully saturated rings. The first-order valence-corrected chi connectivity index (χ1v) is 7.35. The zero-order chi connectivity index (χ0) is 16.5. The van der Waals surface area contributed by atoms with E-state index in [2.05, 4.69) is 36.1 Å². The molecule has 1 unspecified atom stereocenters. The van der Waals surface area contributed by atoms with Crippen LogP contribution in [0.2, 0.25) is 0 Å². The number of rotatable bonds is 7. The Balaban J connectivity index is 0.00000484. The van der Waals surface area contributed by atoms with Crippen molar-refractivity contribution in [3.05, 3.63) is 52.1 Å². The number of aliphatic imine (C=N–C) groups is 1. The molecule has 1 atom stereocenters. The molecule has 23 heavy (non-hydrogen) atoms. The number of halogens is 1. The molecule has 128 valence electrons. The van der Waals surface area contributed by atoms with Gasteiger partial charge in [-0.3, -0.25) is 10.1 Å². The smallest absolute Gasteiger partial charge is 0.269 e. The number of nitrogens with one attached hydrogen (secondary N) is 2. The average molecular weight is 432 g/mol. The number of nitro groups is 1. The molecule has 0 radical (unpaired) electrons. The highest BCUT2D eigenvalue weighted by Crippen LogP contribution is 2.12.